The third kappa shape index (κ3) is 1.73. The molecule has 0 fully saturated rings. The fourth-order valence-electron chi connectivity index (χ4n) is 1.08. The zero-order valence-electron chi connectivity index (χ0n) is 6.63. The smallest absolute Gasteiger partial charge is 0.0765 e. The Labute approximate surface area is 71.6 Å². The van der Waals surface area contributed by atoms with Crippen LogP contribution in [0.4, 0.5) is 0 Å². The molecule has 1 atom stereocenters. The van der Waals surface area contributed by atoms with Crippen molar-refractivity contribution in [3.63, 3.8) is 0 Å². The van der Waals surface area contributed by atoms with E-state index < -0.39 is 6.10 Å². The zero-order valence-corrected chi connectivity index (χ0v) is 7.39. The second kappa shape index (κ2) is 3.24. The summed E-state index contributed by atoms with van der Waals surface area (Å²) in [6, 6.07) is 5.55. The molecular weight excluding hydrogens is 160 g/mol. The average Bonchev–Trinajstić information content (AvgIpc) is 1.94. The molecule has 1 aromatic rings. The lowest BCUT2D eigenvalue weighted by Gasteiger charge is -2.08. The van der Waals surface area contributed by atoms with E-state index in [-0.39, 0.29) is 0 Å². The van der Waals surface area contributed by atoms with Crippen molar-refractivity contribution in [3.8, 4) is 0 Å². The van der Waals surface area contributed by atoms with Crippen molar-refractivity contribution in [1.29, 1.82) is 0 Å². The maximum Gasteiger partial charge on any atom is 0.0765 e. The van der Waals surface area contributed by atoms with E-state index in [4.69, 9.17) is 11.6 Å². The Morgan fingerprint density at radius 3 is 2.55 bits per heavy atom. The third-order valence-electron chi connectivity index (χ3n) is 1.76. The highest BCUT2D eigenvalue weighted by Crippen LogP contribution is 2.23. The lowest BCUT2D eigenvalue weighted by atomic mass is 10.1. The summed E-state index contributed by atoms with van der Waals surface area (Å²) in [7, 11) is 0. The molecular formula is C9H11ClO. The van der Waals surface area contributed by atoms with Gasteiger partial charge in [-0.15, -0.1) is 0 Å². The molecule has 0 saturated carbocycles. The number of rotatable bonds is 1. The Morgan fingerprint density at radius 2 is 2.09 bits per heavy atom. The molecule has 1 aromatic carbocycles. The van der Waals surface area contributed by atoms with Crippen molar-refractivity contribution in [3.05, 3.63) is 34.3 Å². The largest absolute Gasteiger partial charge is 0.389 e. The van der Waals surface area contributed by atoms with E-state index in [1.807, 2.05) is 25.1 Å². The van der Waals surface area contributed by atoms with Gasteiger partial charge in [-0.05, 0) is 31.0 Å². The van der Waals surface area contributed by atoms with Crippen LogP contribution in [0.5, 0.6) is 0 Å². The Hall–Kier alpha value is -0.530. The number of aliphatic hydroxyl groups excluding tert-OH is 1. The highest BCUT2D eigenvalue weighted by molar-refractivity contribution is 6.31. The van der Waals surface area contributed by atoms with E-state index in [0.29, 0.717) is 5.02 Å². The molecule has 0 aromatic heterocycles. The first-order chi connectivity index (χ1) is 5.13. The SMILES string of the molecule is Cc1c(Cl)cccc1[C@H](C)O. The maximum absolute atomic E-state index is 9.27. The molecule has 0 heterocycles. The first kappa shape index (κ1) is 8.57. The van der Waals surface area contributed by atoms with Gasteiger partial charge >= 0.3 is 0 Å². The molecule has 11 heavy (non-hydrogen) atoms. The predicted octanol–water partition coefficient (Wildman–Crippen LogP) is 2.70. The monoisotopic (exact) mass is 170 g/mol. The molecule has 0 aliphatic heterocycles. The topological polar surface area (TPSA) is 20.2 Å². The van der Waals surface area contributed by atoms with Gasteiger partial charge in [-0.1, -0.05) is 23.7 Å². The van der Waals surface area contributed by atoms with Crippen LogP contribution < -0.4 is 0 Å². The number of halogens is 1. The van der Waals surface area contributed by atoms with Crippen molar-refractivity contribution < 1.29 is 5.11 Å². The molecule has 0 aliphatic rings. The molecule has 1 rings (SSSR count). The average molecular weight is 171 g/mol. The van der Waals surface area contributed by atoms with Gasteiger partial charge < -0.3 is 5.11 Å². The van der Waals surface area contributed by atoms with Crippen molar-refractivity contribution in [1.82, 2.24) is 0 Å². The molecule has 0 spiro atoms. The van der Waals surface area contributed by atoms with Crippen LogP contribution in [0.3, 0.4) is 0 Å². The Morgan fingerprint density at radius 1 is 1.45 bits per heavy atom. The predicted molar refractivity (Wildman–Crippen MR) is 46.8 cm³/mol. The van der Waals surface area contributed by atoms with Gasteiger partial charge in [-0.25, -0.2) is 0 Å². The third-order valence-corrected chi connectivity index (χ3v) is 2.17. The normalized spacial score (nSPS) is 13.1. The summed E-state index contributed by atoms with van der Waals surface area (Å²) >= 11 is 5.85. The standard InChI is InChI=1S/C9H11ClO/c1-6-8(7(2)11)4-3-5-9(6)10/h3-5,7,11H,1-2H3/t7-/m0/s1. The van der Waals surface area contributed by atoms with Crippen molar-refractivity contribution >= 4 is 11.6 Å². The molecule has 2 heteroatoms. The number of benzene rings is 1. The summed E-state index contributed by atoms with van der Waals surface area (Å²) in [5.74, 6) is 0. The fraction of sp³-hybridized carbons (Fsp3) is 0.333. The molecule has 1 nitrogen and oxygen atoms in total. The van der Waals surface area contributed by atoms with Crippen LogP contribution in [-0.2, 0) is 0 Å². The van der Waals surface area contributed by atoms with Crippen molar-refractivity contribution in [2.24, 2.45) is 0 Å². The van der Waals surface area contributed by atoms with Crippen LogP contribution in [-0.4, -0.2) is 5.11 Å². The van der Waals surface area contributed by atoms with E-state index in [2.05, 4.69) is 0 Å². The van der Waals surface area contributed by atoms with Gasteiger partial charge in [0.15, 0.2) is 0 Å². The van der Waals surface area contributed by atoms with Crippen LogP contribution in [0.1, 0.15) is 24.2 Å². The van der Waals surface area contributed by atoms with Gasteiger partial charge in [-0.2, -0.15) is 0 Å². The van der Waals surface area contributed by atoms with Gasteiger partial charge in [0.05, 0.1) is 6.10 Å². The van der Waals surface area contributed by atoms with E-state index in [1.165, 1.54) is 0 Å². The second-order valence-corrected chi connectivity index (χ2v) is 3.04. The quantitative estimate of drug-likeness (QED) is 0.687. The molecule has 0 bridgehead atoms. The minimum absolute atomic E-state index is 0.436. The summed E-state index contributed by atoms with van der Waals surface area (Å²) < 4.78 is 0. The molecule has 0 radical (unpaired) electrons. The molecule has 0 amide bonds. The Balaban J connectivity index is 3.17. The minimum Gasteiger partial charge on any atom is -0.389 e. The fourth-order valence-corrected chi connectivity index (χ4v) is 1.26. The van der Waals surface area contributed by atoms with Crippen LogP contribution in [0, 0.1) is 6.92 Å². The first-order valence-electron chi connectivity index (χ1n) is 3.56. The van der Waals surface area contributed by atoms with Gasteiger partial charge in [0.25, 0.3) is 0 Å². The van der Waals surface area contributed by atoms with E-state index in [0.717, 1.165) is 11.1 Å². The second-order valence-electron chi connectivity index (χ2n) is 2.63. The molecule has 0 aliphatic carbocycles. The van der Waals surface area contributed by atoms with Gasteiger partial charge in [0.1, 0.15) is 0 Å². The summed E-state index contributed by atoms with van der Waals surface area (Å²) in [6.07, 6.45) is -0.436. The zero-order chi connectivity index (χ0) is 8.43. The van der Waals surface area contributed by atoms with Gasteiger partial charge in [-0.3, -0.25) is 0 Å². The van der Waals surface area contributed by atoms with E-state index in [1.54, 1.807) is 6.92 Å². The highest BCUT2D eigenvalue weighted by Gasteiger charge is 2.05. The molecule has 60 valence electrons. The van der Waals surface area contributed by atoms with E-state index >= 15 is 0 Å². The summed E-state index contributed by atoms with van der Waals surface area (Å²) in [5, 5.41) is 9.98. The molecule has 0 saturated heterocycles. The lowest BCUT2D eigenvalue weighted by molar-refractivity contribution is 0.198. The molecule has 1 N–H and O–H groups in total. The number of hydrogen-bond acceptors (Lipinski definition) is 1. The van der Waals surface area contributed by atoms with Gasteiger partial charge in [0.2, 0.25) is 0 Å². The van der Waals surface area contributed by atoms with E-state index in [9.17, 15) is 5.11 Å². The van der Waals surface area contributed by atoms with Crippen LogP contribution >= 0.6 is 11.6 Å². The van der Waals surface area contributed by atoms with Crippen LogP contribution in [0.2, 0.25) is 5.02 Å². The Kier molecular flexibility index (Phi) is 2.53. The first-order valence-corrected chi connectivity index (χ1v) is 3.94. The summed E-state index contributed by atoms with van der Waals surface area (Å²) in [5.41, 5.74) is 1.86. The van der Waals surface area contributed by atoms with Crippen LogP contribution in [0.15, 0.2) is 18.2 Å². The summed E-state index contributed by atoms with van der Waals surface area (Å²) in [4.78, 5) is 0. The Bertz CT molecular complexity index is 256. The number of aliphatic hydroxyl groups is 1. The highest BCUT2D eigenvalue weighted by atomic mass is 35.5. The minimum atomic E-state index is -0.436. The van der Waals surface area contributed by atoms with Crippen molar-refractivity contribution in [2.75, 3.05) is 0 Å². The maximum atomic E-state index is 9.27. The lowest BCUT2D eigenvalue weighted by Crippen LogP contribution is -1.94. The number of hydrogen-bond donors (Lipinski definition) is 1. The molecule has 0 unspecified atom stereocenters. The van der Waals surface area contributed by atoms with Crippen LogP contribution in [0.25, 0.3) is 0 Å². The summed E-state index contributed by atoms with van der Waals surface area (Å²) in [6.45, 7) is 3.64. The van der Waals surface area contributed by atoms with Gasteiger partial charge in [0, 0.05) is 5.02 Å². The van der Waals surface area contributed by atoms with Crippen molar-refractivity contribution in [2.45, 2.75) is 20.0 Å².